The summed E-state index contributed by atoms with van der Waals surface area (Å²) in [6.07, 6.45) is 2.56. The lowest BCUT2D eigenvalue weighted by Crippen LogP contribution is -2.25. The van der Waals surface area contributed by atoms with E-state index < -0.39 is 0 Å². The minimum Gasteiger partial charge on any atom is -0.312 e. The van der Waals surface area contributed by atoms with E-state index in [1.54, 1.807) is 33.6 Å². The molecule has 3 aromatic heterocycles. The molecule has 0 aliphatic carbocycles. The van der Waals surface area contributed by atoms with Crippen molar-refractivity contribution in [2.45, 2.75) is 26.4 Å². The molecule has 0 bridgehead atoms. The molecule has 7 heteroatoms. The number of thiazole rings is 1. The minimum atomic E-state index is 0.0602. The van der Waals surface area contributed by atoms with Crippen molar-refractivity contribution in [3.63, 3.8) is 0 Å². The first-order valence-corrected chi connectivity index (χ1v) is 8.53. The van der Waals surface area contributed by atoms with Crippen molar-refractivity contribution in [2.75, 3.05) is 6.54 Å². The zero-order valence-electron chi connectivity index (χ0n) is 11.5. The molecule has 0 fully saturated rings. The number of thiophene rings is 1. The molecule has 0 amide bonds. The van der Waals surface area contributed by atoms with Gasteiger partial charge in [-0.15, -0.1) is 22.7 Å². The number of aromatic nitrogens is 3. The zero-order chi connectivity index (χ0) is 14.4. The predicted octanol–water partition coefficient (Wildman–Crippen LogP) is 1.92. The maximum absolute atomic E-state index is 12.8. The van der Waals surface area contributed by atoms with Gasteiger partial charge >= 0.3 is 0 Å². The molecule has 0 spiro atoms. The number of hydrogen-bond donors (Lipinski definition) is 1. The molecule has 0 saturated carbocycles. The van der Waals surface area contributed by atoms with Crippen LogP contribution in [0.4, 0.5) is 0 Å². The molecule has 0 saturated heterocycles. The summed E-state index contributed by atoms with van der Waals surface area (Å²) in [5.41, 5.74) is 2.17. The first kappa shape index (κ1) is 13.1. The fraction of sp³-hybridized carbons (Fsp3) is 0.357. The normalized spacial score (nSPS) is 14.5. The SMILES string of the molecule is Cc1nc(Cn2cnc3sc4c(c3c2=O)CCNC4)cs1. The van der Waals surface area contributed by atoms with E-state index in [2.05, 4.69) is 15.3 Å². The number of hydrogen-bond acceptors (Lipinski definition) is 6. The highest BCUT2D eigenvalue weighted by molar-refractivity contribution is 7.18. The van der Waals surface area contributed by atoms with Crippen molar-refractivity contribution in [3.8, 4) is 0 Å². The fourth-order valence-corrected chi connectivity index (χ4v) is 4.47. The summed E-state index contributed by atoms with van der Waals surface area (Å²) in [6.45, 7) is 4.25. The lowest BCUT2D eigenvalue weighted by molar-refractivity contribution is 0.656. The van der Waals surface area contributed by atoms with Gasteiger partial charge in [0.05, 0.1) is 29.0 Å². The maximum atomic E-state index is 12.8. The molecule has 0 unspecified atom stereocenters. The Balaban J connectivity index is 1.84. The fourth-order valence-electron chi connectivity index (χ4n) is 2.72. The standard InChI is InChI=1S/C14H14N4OS2/c1-8-17-9(6-20-8)5-18-7-16-13-12(14(18)19)10-2-3-15-4-11(10)21-13/h6-7,15H,2-5H2,1H3. The molecular weight excluding hydrogens is 304 g/mol. The topological polar surface area (TPSA) is 59.8 Å². The molecule has 108 valence electrons. The minimum absolute atomic E-state index is 0.0602. The average Bonchev–Trinajstić information content (AvgIpc) is 3.05. The summed E-state index contributed by atoms with van der Waals surface area (Å²) in [5.74, 6) is 0. The number of fused-ring (bicyclic) bond motifs is 3. The molecule has 21 heavy (non-hydrogen) atoms. The zero-order valence-corrected chi connectivity index (χ0v) is 13.2. The molecule has 4 rings (SSSR count). The second kappa shape index (κ2) is 5.01. The largest absolute Gasteiger partial charge is 0.312 e. The van der Waals surface area contributed by atoms with Crippen LogP contribution in [0.1, 0.15) is 21.1 Å². The van der Waals surface area contributed by atoms with Crippen LogP contribution in [0.3, 0.4) is 0 Å². The Kier molecular flexibility index (Phi) is 3.13. The third kappa shape index (κ3) is 2.21. The Morgan fingerprint density at radius 1 is 1.48 bits per heavy atom. The Morgan fingerprint density at radius 2 is 2.38 bits per heavy atom. The van der Waals surface area contributed by atoms with Gasteiger partial charge in [-0.3, -0.25) is 9.36 Å². The van der Waals surface area contributed by atoms with Crippen LogP contribution in [0, 0.1) is 6.92 Å². The van der Waals surface area contributed by atoms with Crippen molar-refractivity contribution < 1.29 is 0 Å². The highest BCUT2D eigenvalue weighted by Gasteiger charge is 2.19. The van der Waals surface area contributed by atoms with Gasteiger partial charge in [0.1, 0.15) is 4.83 Å². The van der Waals surface area contributed by atoms with E-state index in [4.69, 9.17) is 0 Å². The van der Waals surface area contributed by atoms with Gasteiger partial charge in [0.15, 0.2) is 0 Å². The van der Waals surface area contributed by atoms with Crippen LogP contribution in [0.2, 0.25) is 0 Å². The lowest BCUT2D eigenvalue weighted by Gasteiger charge is -2.12. The van der Waals surface area contributed by atoms with Crippen LogP contribution in [-0.4, -0.2) is 21.1 Å². The van der Waals surface area contributed by atoms with E-state index in [0.717, 1.165) is 40.4 Å². The predicted molar refractivity (Wildman–Crippen MR) is 85.2 cm³/mol. The Labute approximate surface area is 129 Å². The van der Waals surface area contributed by atoms with Gasteiger partial charge in [0, 0.05) is 16.8 Å². The third-order valence-electron chi connectivity index (χ3n) is 3.70. The van der Waals surface area contributed by atoms with E-state index in [-0.39, 0.29) is 5.56 Å². The van der Waals surface area contributed by atoms with E-state index in [9.17, 15) is 4.79 Å². The summed E-state index contributed by atoms with van der Waals surface area (Å²) < 4.78 is 1.67. The molecule has 0 atom stereocenters. The summed E-state index contributed by atoms with van der Waals surface area (Å²) in [6, 6.07) is 0. The van der Waals surface area contributed by atoms with Gasteiger partial charge in [-0.2, -0.15) is 0 Å². The van der Waals surface area contributed by atoms with Crippen LogP contribution < -0.4 is 10.9 Å². The van der Waals surface area contributed by atoms with Crippen molar-refractivity contribution in [3.05, 3.63) is 43.2 Å². The molecule has 3 aromatic rings. The van der Waals surface area contributed by atoms with Crippen LogP contribution >= 0.6 is 22.7 Å². The summed E-state index contributed by atoms with van der Waals surface area (Å²) >= 11 is 3.24. The van der Waals surface area contributed by atoms with Gasteiger partial charge < -0.3 is 5.32 Å². The van der Waals surface area contributed by atoms with Crippen molar-refractivity contribution in [1.29, 1.82) is 0 Å². The smallest absolute Gasteiger partial charge is 0.262 e. The molecule has 4 heterocycles. The highest BCUT2D eigenvalue weighted by Crippen LogP contribution is 2.29. The van der Waals surface area contributed by atoms with E-state index in [1.807, 2.05) is 12.3 Å². The van der Waals surface area contributed by atoms with Crippen molar-refractivity contribution in [1.82, 2.24) is 19.9 Å². The second-order valence-corrected chi connectivity index (χ2v) is 7.29. The van der Waals surface area contributed by atoms with Crippen LogP contribution in [0.5, 0.6) is 0 Å². The number of aryl methyl sites for hydroxylation is 1. The van der Waals surface area contributed by atoms with Crippen LogP contribution in [0.25, 0.3) is 10.2 Å². The molecule has 0 radical (unpaired) electrons. The van der Waals surface area contributed by atoms with E-state index in [0.29, 0.717) is 6.54 Å². The third-order valence-corrected chi connectivity index (χ3v) is 5.66. The Morgan fingerprint density at radius 3 is 3.19 bits per heavy atom. The Bertz CT molecular complexity index is 877. The van der Waals surface area contributed by atoms with Crippen molar-refractivity contribution in [2.24, 2.45) is 0 Å². The quantitative estimate of drug-likeness (QED) is 0.784. The number of nitrogens with one attached hydrogen (secondary N) is 1. The van der Waals surface area contributed by atoms with Gasteiger partial charge in [0.2, 0.25) is 0 Å². The van der Waals surface area contributed by atoms with E-state index >= 15 is 0 Å². The second-order valence-electron chi connectivity index (χ2n) is 5.15. The van der Waals surface area contributed by atoms with Gasteiger partial charge in [0.25, 0.3) is 5.56 Å². The summed E-state index contributed by atoms with van der Waals surface area (Å²) in [7, 11) is 0. The molecular formula is C14H14N4OS2. The average molecular weight is 318 g/mol. The van der Waals surface area contributed by atoms with Crippen molar-refractivity contribution >= 4 is 32.9 Å². The molecule has 1 aliphatic rings. The maximum Gasteiger partial charge on any atom is 0.262 e. The highest BCUT2D eigenvalue weighted by atomic mass is 32.1. The molecule has 5 nitrogen and oxygen atoms in total. The first-order chi connectivity index (χ1) is 10.2. The number of rotatable bonds is 2. The summed E-state index contributed by atoms with van der Waals surface area (Å²) in [5, 5.41) is 7.17. The summed E-state index contributed by atoms with van der Waals surface area (Å²) in [4.78, 5) is 23.8. The molecule has 0 aromatic carbocycles. The van der Waals surface area contributed by atoms with Gasteiger partial charge in [-0.1, -0.05) is 0 Å². The first-order valence-electron chi connectivity index (χ1n) is 6.84. The molecule has 1 N–H and O–H groups in total. The van der Waals surface area contributed by atoms with Gasteiger partial charge in [-0.25, -0.2) is 9.97 Å². The monoisotopic (exact) mass is 318 g/mol. The van der Waals surface area contributed by atoms with Crippen LogP contribution in [-0.2, 0) is 19.5 Å². The van der Waals surface area contributed by atoms with E-state index in [1.165, 1.54) is 10.4 Å². The molecule has 1 aliphatic heterocycles. The van der Waals surface area contributed by atoms with Crippen LogP contribution in [0.15, 0.2) is 16.5 Å². The van der Waals surface area contributed by atoms with Gasteiger partial charge in [-0.05, 0) is 25.5 Å². The lowest BCUT2D eigenvalue weighted by atomic mass is 10.1. The Hall–Kier alpha value is -1.57. The number of nitrogens with zero attached hydrogens (tertiary/aromatic N) is 3.